The highest BCUT2D eigenvalue weighted by Gasteiger charge is 2.18. The van der Waals surface area contributed by atoms with Crippen molar-refractivity contribution in [2.75, 3.05) is 5.32 Å². The molecule has 1 amide bonds. The van der Waals surface area contributed by atoms with Crippen molar-refractivity contribution in [2.45, 2.75) is 44.8 Å². The lowest BCUT2D eigenvalue weighted by Gasteiger charge is -2.18. The van der Waals surface area contributed by atoms with E-state index in [-0.39, 0.29) is 11.2 Å². The Bertz CT molecular complexity index is 795. The molecule has 0 saturated carbocycles. The van der Waals surface area contributed by atoms with Gasteiger partial charge in [-0.3, -0.25) is 4.79 Å². The first-order valence-corrected chi connectivity index (χ1v) is 8.76. The number of anilines is 1. The monoisotopic (exact) mass is 338 g/mol. The Morgan fingerprint density at radius 1 is 1.12 bits per heavy atom. The summed E-state index contributed by atoms with van der Waals surface area (Å²) >= 11 is 1.59. The minimum Gasteiger partial charge on any atom is -0.325 e. The molecule has 0 aliphatic carbocycles. The number of aryl methyl sites for hydroxylation is 2. The average Bonchev–Trinajstić information content (AvgIpc) is 2.56. The van der Waals surface area contributed by atoms with Crippen LogP contribution in [0.1, 0.15) is 34.7 Å². The van der Waals surface area contributed by atoms with Crippen molar-refractivity contribution >= 4 is 23.4 Å². The predicted octanol–water partition coefficient (Wildman–Crippen LogP) is 4.91. The lowest BCUT2D eigenvalue weighted by atomic mass is 10.0. The Morgan fingerprint density at radius 2 is 1.75 bits per heavy atom. The lowest BCUT2D eigenvalue weighted by molar-refractivity contribution is -0.115. The molecule has 0 radical (unpaired) electrons. The van der Waals surface area contributed by atoms with Crippen LogP contribution < -0.4 is 5.32 Å². The third-order valence-electron chi connectivity index (χ3n) is 4.22. The molecule has 0 aliphatic heterocycles. The first kappa shape index (κ1) is 18.1. The van der Waals surface area contributed by atoms with Crippen LogP contribution in [-0.2, 0) is 4.79 Å². The lowest BCUT2D eigenvalue weighted by Crippen LogP contribution is -2.22. The number of nitrogens with zero attached hydrogens (tertiary/aromatic N) is 1. The van der Waals surface area contributed by atoms with Crippen LogP contribution in [0.3, 0.4) is 0 Å². The number of hydrogen-bond acceptors (Lipinski definition) is 3. The summed E-state index contributed by atoms with van der Waals surface area (Å²) in [5, 5.41) is 11.6. The zero-order chi connectivity index (χ0) is 17.9. The van der Waals surface area contributed by atoms with Crippen molar-refractivity contribution in [3.8, 4) is 6.07 Å². The molecule has 3 nitrogen and oxygen atoms in total. The van der Waals surface area contributed by atoms with Crippen molar-refractivity contribution in [3.63, 3.8) is 0 Å². The number of rotatable bonds is 4. The quantitative estimate of drug-likeness (QED) is 0.806. The number of amides is 1. The van der Waals surface area contributed by atoms with Gasteiger partial charge in [-0.25, -0.2) is 0 Å². The molecule has 2 aromatic carbocycles. The van der Waals surface area contributed by atoms with Gasteiger partial charge < -0.3 is 5.32 Å². The standard InChI is InChI=1S/C20H22N2OS/c1-12-9-13(2)15(4)19(14(12)3)24-16(5)20(23)22-18-8-6-7-17(10-18)11-21/h6-10,16H,1-5H3,(H,22,23)/t16-/m1/s1. The summed E-state index contributed by atoms with van der Waals surface area (Å²) in [6.07, 6.45) is 0. The van der Waals surface area contributed by atoms with Crippen LogP contribution in [0.5, 0.6) is 0 Å². The van der Waals surface area contributed by atoms with Crippen LogP contribution in [-0.4, -0.2) is 11.2 Å². The molecule has 1 atom stereocenters. The van der Waals surface area contributed by atoms with Crippen LogP contribution in [0.2, 0.25) is 0 Å². The number of benzene rings is 2. The average molecular weight is 338 g/mol. The SMILES string of the molecule is Cc1cc(C)c(C)c(S[C@H](C)C(=O)Nc2cccc(C#N)c2)c1C. The molecular weight excluding hydrogens is 316 g/mol. The Morgan fingerprint density at radius 3 is 2.33 bits per heavy atom. The van der Waals surface area contributed by atoms with Gasteiger partial charge >= 0.3 is 0 Å². The molecule has 0 aromatic heterocycles. The molecule has 0 heterocycles. The molecule has 0 unspecified atom stereocenters. The summed E-state index contributed by atoms with van der Waals surface area (Å²) in [6.45, 7) is 10.3. The predicted molar refractivity (Wildman–Crippen MR) is 100 cm³/mol. The smallest absolute Gasteiger partial charge is 0.237 e. The molecule has 0 bridgehead atoms. The third-order valence-corrected chi connectivity index (χ3v) is 5.64. The van der Waals surface area contributed by atoms with E-state index in [0.29, 0.717) is 11.3 Å². The van der Waals surface area contributed by atoms with Crippen LogP contribution in [0.15, 0.2) is 35.2 Å². The number of thioether (sulfide) groups is 1. The first-order chi connectivity index (χ1) is 11.3. The molecule has 1 N–H and O–H groups in total. The highest BCUT2D eigenvalue weighted by atomic mass is 32.2. The highest BCUT2D eigenvalue weighted by molar-refractivity contribution is 8.00. The van der Waals surface area contributed by atoms with Crippen LogP contribution >= 0.6 is 11.8 Å². The second kappa shape index (κ2) is 7.55. The molecule has 0 fully saturated rings. The van der Waals surface area contributed by atoms with Gasteiger partial charge in [0.1, 0.15) is 0 Å². The summed E-state index contributed by atoms with van der Waals surface area (Å²) in [5.41, 5.74) is 6.14. The van der Waals surface area contributed by atoms with Gasteiger partial charge in [-0.1, -0.05) is 12.1 Å². The second-order valence-electron chi connectivity index (χ2n) is 6.03. The molecule has 2 rings (SSSR count). The van der Waals surface area contributed by atoms with E-state index in [0.717, 1.165) is 0 Å². The van der Waals surface area contributed by atoms with Crippen molar-refractivity contribution < 1.29 is 4.79 Å². The van der Waals surface area contributed by atoms with E-state index in [1.165, 1.54) is 27.1 Å². The van der Waals surface area contributed by atoms with Gasteiger partial charge in [0.25, 0.3) is 0 Å². The summed E-state index contributed by atoms with van der Waals surface area (Å²) in [7, 11) is 0. The van der Waals surface area contributed by atoms with E-state index in [4.69, 9.17) is 5.26 Å². The van der Waals surface area contributed by atoms with Crippen molar-refractivity contribution in [2.24, 2.45) is 0 Å². The summed E-state index contributed by atoms with van der Waals surface area (Å²) in [6, 6.07) is 11.2. The van der Waals surface area contributed by atoms with Crippen molar-refractivity contribution in [1.82, 2.24) is 0 Å². The van der Waals surface area contributed by atoms with Gasteiger partial charge in [-0.15, -0.1) is 11.8 Å². The number of hydrogen-bond donors (Lipinski definition) is 1. The number of nitrogens with one attached hydrogen (secondary N) is 1. The zero-order valence-electron chi connectivity index (χ0n) is 14.7. The maximum atomic E-state index is 12.5. The topological polar surface area (TPSA) is 52.9 Å². The van der Waals surface area contributed by atoms with E-state index in [1.807, 2.05) is 6.92 Å². The summed E-state index contributed by atoms with van der Waals surface area (Å²) in [4.78, 5) is 13.7. The van der Waals surface area contributed by atoms with Gasteiger partial charge in [0.15, 0.2) is 0 Å². The molecule has 2 aromatic rings. The number of carbonyl (C=O) groups is 1. The molecule has 0 spiro atoms. The number of nitriles is 1. The van der Waals surface area contributed by atoms with E-state index in [9.17, 15) is 4.79 Å². The van der Waals surface area contributed by atoms with Crippen molar-refractivity contribution in [3.05, 3.63) is 58.1 Å². The second-order valence-corrected chi connectivity index (χ2v) is 7.38. The molecule has 124 valence electrons. The Kier molecular flexibility index (Phi) is 5.69. The van der Waals surface area contributed by atoms with Crippen LogP contribution in [0.25, 0.3) is 0 Å². The van der Waals surface area contributed by atoms with E-state index >= 15 is 0 Å². The third kappa shape index (κ3) is 3.98. The van der Waals surface area contributed by atoms with Crippen LogP contribution in [0, 0.1) is 39.0 Å². The summed E-state index contributed by atoms with van der Waals surface area (Å²) < 4.78 is 0. The van der Waals surface area contributed by atoms with E-state index in [1.54, 1.807) is 36.0 Å². The molecule has 24 heavy (non-hydrogen) atoms. The molecule has 0 aliphatic rings. The maximum absolute atomic E-state index is 12.5. The maximum Gasteiger partial charge on any atom is 0.237 e. The minimum absolute atomic E-state index is 0.0620. The number of carbonyl (C=O) groups excluding carboxylic acids is 1. The highest BCUT2D eigenvalue weighted by Crippen LogP contribution is 2.33. The zero-order valence-corrected chi connectivity index (χ0v) is 15.5. The van der Waals surface area contributed by atoms with Gasteiger partial charge in [0, 0.05) is 10.6 Å². The van der Waals surface area contributed by atoms with Gasteiger partial charge in [-0.05, 0) is 75.1 Å². The van der Waals surface area contributed by atoms with E-state index < -0.39 is 0 Å². The molecular formula is C20H22N2OS. The molecule has 4 heteroatoms. The normalized spacial score (nSPS) is 11.7. The largest absolute Gasteiger partial charge is 0.325 e. The van der Waals surface area contributed by atoms with Gasteiger partial charge in [-0.2, -0.15) is 5.26 Å². The van der Waals surface area contributed by atoms with Crippen LogP contribution in [0.4, 0.5) is 5.69 Å². The fourth-order valence-corrected chi connectivity index (χ4v) is 3.69. The minimum atomic E-state index is -0.227. The van der Waals surface area contributed by atoms with E-state index in [2.05, 4.69) is 45.1 Å². The van der Waals surface area contributed by atoms with Gasteiger partial charge in [0.05, 0.1) is 16.9 Å². The van der Waals surface area contributed by atoms with Gasteiger partial charge in [0.2, 0.25) is 5.91 Å². The Hall–Kier alpha value is -2.25. The Balaban J connectivity index is 2.17. The summed E-state index contributed by atoms with van der Waals surface area (Å²) in [5.74, 6) is -0.0620. The first-order valence-electron chi connectivity index (χ1n) is 7.88. The Labute approximate surface area is 148 Å². The fraction of sp³-hybridized carbons (Fsp3) is 0.300. The fourth-order valence-electron chi connectivity index (χ4n) is 2.50. The molecule has 0 saturated heterocycles. The van der Waals surface area contributed by atoms with Crippen molar-refractivity contribution in [1.29, 1.82) is 5.26 Å².